The Hall–Kier alpha value is -2.42. The Morgan fingerprint density at radius 1 is 1.15 bits per heavy atom. The molecule has 0 atom stereocenters. The third-order valence-corrected chi connectivity index (χ3v) is 3.79. The Morgan fingerprint density at radius 3 is 2.65 bits per heavy atom. The minimum atomic E-state index is -0.565. The summed E-state index contributed by atoms with van der Waals surface area (Å²) in [4.78, 5) is 23.4. The highest BCUT2D eigenvalue weighted by Crippen LogP contribution is 2.33. The summed E-state index contributed by atoms with van der Waals surface area (Å²) in [6.45, 7) is 4.40. The van der Waals surface area contributed by atoms with E-state index in [0.717, 1.165) is 4.47 Å². The van der Waals surface area contributed by atoms with Gasteiger partial charge < -0.3 is 14.2 Å². The van der Waals surface area contributed by atoms with Crippen LogP contribution in [0.15, 0.2) is 22.7 Å². The summed E-state index contributed by atoms with van der Waals surface area (Å²) in [5, 5.41) is 10.4. The van der Waals surface area contributed by atoms with Crippen LogP contribution in [-0.2, 0) is 14.3 Å². The monoisotopic (exact) mass is 425 g/mol. The van der Waals surface area contributed by atoms with Gasteiger partial charge in [0.1, 0.15) is 11.4 Å². The molecule has 0 aliphatic rings. The molecule has 2 aromatic rings. The molecular weight excluding hydrogens is 406 g/mol. The van der Waals surface area contributed by atoms with Gasteiger partial charge >= 0.3 is 11.9 Å². The number of halogens is 1. The summed E-state index contributed by atoms with van der Waals surface area (Å²) in [5.74, 6) is -0.297. The van der Waals surface area contributed by atoms with E-state index < -0.39 is 5.97 Å². The number of carbonyl (C=O) groups excluding carboxylic acids is 2. The fourth-order valence-electron chi connectivity index (χ4n) is 2.21. The molecule has 0 amide bonds. The standard InChI is InChI=1S/C17H20BrN3O5/c1-3-24-14(22)6-5-9-26-13-8-7-11(18)10-12(13)15-16(20-21-19-15)17(23)25-4-2/h7-8,10H,3-6,9H2,1-2H3,(H,19,20,21). The fraction of sp³-hybridized carbons (Fsp3) is 0.412. The van der Waals surface area contributed by atoms with Crippen LogP contribution in [-0.4, -0.2) is 47.2 Å². The van der Waals surface area contributed by atoms with Crippen LogP contribution in [0.1, 0.15) is 37.2 Å². The molecule has 0 aliphatic carbocycles. The Kier molecular flexibility index (Phi) is 7.58. The molecule has 1 aromatic heterocycles. The zero-order valence-electron chi connectivity index (χ0n) is 14.6. The maximum atomic E-state index is 12.0. The zero-order valence-corrected chi connectivity index (χ0v) is 16.2. The van der Waals surface area contributed by atoms with E-state index in [1.54, 1.807) is 26.0 Å². The number of hydrogen-bond acceptors (Lipinski definition) is 7. The first-order valence-electron chi connectivity index (χ1n) is 8.23. The molecule has 140 valence electrons. The number of nitrogens with one attached hydrogen (secondary N) is 1. The predicted octanol–water partition coefficient (Wildman–Crippen LogP) is 3.13. The molecule has 9 heteroatoms. The molecule has 0 bridgehead atoms. The number of ether oxygens (including phenoxy) is 3. The van der Waals surface area contributed by atoms with Crippen molar-refractivity contribution < 1.29 is 23.8 Å². The summed E-state index contributed by atoms with van der Waals surface area (Å²) < 4.78 is 16.5. The third-order valence-electron chi connectivity index (χ3n) is 3.30. The molecule has 0 spiro atoms. The van der Waals surface area contributed by atoms with Crippen LogP contribution in [0.5, 0.6) is 5.75 Å². The van der Waals surface area contributed by atoms with E-state index in [9.17, 15) is 9.59 Å². The minimum Gasteiger partial charge on any atom is -0.493 e. The van der Waals surface area contributed by atoms with Gasteiger partial charge in [0.25, 0.3) is 0 Å². The van der Waals surface area contributed by atoms with E-state index in [0.29, 0.717) is 36.6 Å². The Bertz CT molecular complexity index is 763. The van der Waals surface area contributed by atoms with Gasteiger partial charge in [0.2, 0.25) is 0 Å². The summed E-state index contributed by atoms with van der Waals surface area (Å²) in [5.41, 5.74) is 1.01. The molecule has 0 radical (unpaired) electrons. The lowest BCUT2D eigenvalue weighted by Gasteiger charge is -2.11. The van der Waals surface area contributed by atoms with E-state index in [-0.39, 0.29) is 24.7 Å². The van der Waals surface area contributed by atoms with Gasteiger partial charge in [-0.25, -0.2) is 4.79 Å². The molecule has 8 nitrogen and oxygen atoms in total. The van der Waals surface area contributed by atoms with Gasteiger partial charge in [-0.2, -0.15) is 10.3 Å². The normalized spacial score (nSPS) is 10.4. The number of carbonyl (C=O) groups is 2. The maximum Gasteiger partial charge on any atom is 0.361 e. The van der Waals surface area contributed by atoms with Gasteiger partial charge in [-0.05, 0) is 38.5 Å². The lowest BCUT2D eigenvalue weighted by molar-refractivity contribution is -0.143. The molecular formula is C17H20BrN3O5. The van der Waals surface area contributed by atoms with Crippen molar-refractivity contribution in [1.29, 1.82) is 0 Å². The number of benzene rings is 1. The van der Waals surface area contributed by atoms with Gasteiger partial charge in [-0.1, -0.05) is 15.9 Å². The molecule has 26 heavy (non-hydrogen) atoms. The number of rotatable bonds is 9. The second kappa shape index (κ2) is 9.91. The van der Waals surface area contributed by atoms with Crippen molar-refractivity contribution in [3.05, 3.63) is 28.4 Å². The lowest BCUT2D eigenvalue weighted by atomic mass is 10.1. The highest BCUT2D eigenvalue weighted by atomic mass is 79.9. The van der Waals surface area contributed by atoms with E-state index in [4.69, 9.17) is 14.2 Å². The lowest BCUT2D eigenvalue weighted by Crippen LogP contribution is -2.08. The average molecular weight is 426 g/mol. The largest absolute Gasteiger partial charge is 0.493 e. The van der Waals surface area contributed by atoms with E-state index >= 15 is 0 Å². The SMILES string of the molecule is CCOC(=O)CCCOc1ccc(Br)cc1-c1n[nH]nc1C(=O)OCC. The summed E-state index contributed by atoms with van der Waals surface area (Å²) in [7, 11) is 0. The van der Waals surface area contributed by atoms with Crippen LogP contribution in [0.25, 0.3) is 11.3 Å². The predicted molar refractivity (Wildman–Crippen MR) is 96.8 cm³/mol. The van der Waals surface area contributed by atoms with Crippen LogP contribution in [0, 0.1) is 0 Å². The molecule has 1 heterocycles. The van der Waals surface area contributed by atoms with Gasteiger partial charge in [-0.3, -0.25) is 4.79 Å². The van der Waals surface area contributed by atoms with Gasteiger partial charge in [0.15, 0.2) is 5.69 Å². The molecule has 2 rings (SSSR count). The topological polar surface area (TPSA) is 103 Å². The van der Waals surface area contributed by atoms with Gasteiger partial charge in [0, 0.05) is 16.5 Å². The summed E-state index contributed by atoms with van der Waals surface area (Å²) in [6, 6.07) is 5.35. The Balaban J connectivity index is 2.15. The van der Waals surface area contributed by atoms with Crippen molar-refractivity contribution in [3.63, 3.8) is 0 Å². The highest BCUT2D eigenvalue weighted by molar-refractivity contribution is 9.10. The molecule has 0 fully saturated rings. The number of aromatic nitrogens is 3. The van der Waals surface area contributed by atoms with Crippen LogP contribution in [0.4, 0.5) is 0 Å². The maximum absolute atomic E-state index is 12.0. The number of aromatic amines is 1. The summed E-state index contributed by atoms with van der Waals surface area (Å²) in [6.07, 6.45) is 0.787. The average Bonchev–Trinajstić information content (AvgIpc) is 3.10. The van der Waals surface area contributed by atoms with E-state index in [1.807, 2.05) is 6.07 Å². The van der Waals surface area contributed by atoms with Crippen molar-refractivity contribution in [1.82, 2.24) is 15.4 Å². The minimum absolute atomic E-state index is 0.0846. The van der Waals surface area contributed by atoms with Crippen LogP contribution < -0.4 is 4.74 Å². The van der Waals surface area contributed by atoms with Gasteiger partial charge in [0.05, 0.1) is 19.8 Å². The number of hydrogen-bond donors (Lipinski definition) is 1. The van der Waals surface area contributed by atoms with E-state index in [1.165, 1.54) is 0 Å². The zero-order chi connectivity index (χ0) is 18.9. The number of esters is 2. The van der Waals surface area contributed by atoms with Crippen molar-refractivity contribution in [2.24, 2.45) is 0 Å². The van der Waals surface area contributed by atoms with Crippen molar-refractivity contribution in [3.8, 4) is 17.0 Å². The quantitative estimate of drug-likeness (QED) is 0.485. The molecule has 0 aliphatic heterocycles. The van der Waals surface area contributed by atoms with Crippen LogP contribution >= 0.6 is 15.9 Å². The van der Waals surface area contributed by atoms with Crippen molar-refractivity contribution in [2.75, 3.05) is 19.8 Å². The first-order valence-corrected chi connectivity index (χ1v) is 9.02. The first kappa shape index (κ1) is 19.9. The Labute approximate surface area is 159 Å². The molecule has 0 unspecified atom stereocenters. The number of nitrogens with zero attached hydrogens (tertiary/aromatic N) is 2. The van der Waals surface area contributed by atoms with Crippen molar-refractivity contribution in [2.45, 2.75) is 26.7 Å². The smallest absolute Gasteiger partial charge is 0.361 e. The summed E-state index contributed by atoms with van der Waals surface area (Å²) >= 11 is 3.40. The number of H-pyrrole nitrogens is 1. The van der Waals surface area contributed by atoms with Crippen LogP contribution in [0.2, 0.25) is 0 Å². The first-order chi connectivity index (χ1) is 12.6. The Morgan fingerprint density at radius 2 is 1.92 bits per heavy atom. The molecule has 1 N–H and O–H groups in total. The van der Waals surface area contributed by atoms with Gasteiger partial charge in [-0.15, -0.1) is 5.10 Å². The molecule has 0 saturated heterocycles. The highest BCUT2D eigenvalue weighted by Gasteiger charge is 2.22. The van der Waals surface area contributed by atoms with Crippen molar-refractivity contribution >= 4 is 27.9 Å². The van der Waals surface area contributed by atoms with E-state index in [2.05, 4.69) is 31.3 Å². The fourth-order valence-corrected chi connectivity index (χ4v) is 2.57. The third kappa shape index (κ3) is 5.29. The second-order valence-electron chi connectivity index (χ2n) is 5.14. The second-order valence-corrected chi connectivity index (χ2v) is 6.05. The molecule has 1 aromatic carbocycles. The van der Waals surface area contributed by atoms with Crippen LogP contribution in [0.3, 0.4) is 0 Å². The molecule has 0 saturated carbocycles.